The van der Waals surface area contributed by atoms with Gasteiger partial charge in [0.2, 0.25) is 0 Å². The van der Waals surface area contributed by atoms with Crippen LogP contribution in [0.4, 0.5) is 0 Å². The van der Waals surface area contributed by atoms with Gasteiger partial charge in [0.25, 0.3) is 0 Å². The van der Waals surface area contributed by atoms with Crippen molar-refractivity contribution < 1.29 is 24.5 Å². The van der Waals surface area contributed by atoms with Crippen LogP contribution in [0.2, 0.25) is 0 Å². The van der Waals surface area contributed by atoms with Gasteiger partial charge in [-0.15, -0.1) is 0 Å². The summed E-state index contributed by atoms with van der Waals surface area (Å²) in [5, 5.41) is 16.3. The average molecular weight is 220 g/mol. The molecular formula is C10H20O5. The quantitative estimate of drug-likeness (QED) is 0.683. The van der Waals surface area contributed by atoms with E-state index in [9.17, 15) is 9.59 Å². The molecule has 1 atom stereocenters. The molecule has 0 fully saturated rings. The average Bonchev–Trinajstić information content (AvgIpc) is 1.76. The van der Waals surface area contributed by atoms with Crippen LogP contribution in [0.1, 0.15) is 41.0 Å². The van der Waals surface area contributed by atoms with Crippen molar-refractivity contribution in [1.82, 2.24) is 0 Å². The zero-order chi connectivity index (χ0) is 12.6. The fourth-order valence-corrected chi connectivity index (χ4v) is 0.684. The normalized spacial score (nSPS) is 12.1. The Morgan fingerprint density at radius 1 is 1.33 bits per heavy atom. The molecule has 0 rings (SSSR count). The number of aliphatic hydroxyl groups is 1. The number of aliphatic hydroxyl groups excluding tert-OH is 1. The maximum absolute atomic E-state index is 10.2. The molecule has 90 valence electrons. The summed E-state index contributed by atoms with van der Waals surface area (Å²) in [6.07, 6.45) is -0.891. The van der Waals surface area contributed by atoms with E-state index in [1.54, 1.807) is 0 Å². The van der Waals surface area contributed by atoms with Crippen molar-refractivity contribution in [1.29, 1.82) is 0 Å². The van der Waals surface area contributed by atoms with Gasteiger partial charge in [0, 0.05) is 6.92 Å². The van der Waals surface area contributed by atoms with Crippen molar-refractivity contribution in [3.8, 4) is 0 Å². The standard InChI is InChI=1S/C6H12O2.C4H8O3/c1-5(7)8-6(2,3)4;1-3(5)2-4(6)7/h1-4H3;3,5H,2H2,1H3,(H,6,7). The first-order valence-electron chi connectivity index (χ1n) is 4.64. The van der Waals surface area contributed by atoms with Gasteiger partial charge in [-0.2, -0.15) is 0 Å². The first kappa shape index (κ1) is 16.3. The highest BCUT2D eigenvalue weighted by Crippen LogP contribution is 2.05. The number of aliphatic carboxylic acids is 1. The highest BCUT2D eigenvalue weighted by atomic mass is 16.6. The Hall–Kier alpha value is -1.10. The van der Waals surface area contributed by atoms with Gasteiger partial charge in [0.15, 0.2) is 0 Å². The van der Waals surface area contributed by atoms with Crippen LogP contribution in [0, 0.1) is 0 Å². The van der Waals surface area contributed by atoms with Gasteiger partial charge >= 0.3 is 11.9 Å². The van der Waals surface area contributed by atoms with Crippen LogP contribution < -0.4 is 0 Å². The number of carbonyl (C=O) groups is 2. The van der Waals surface area contributed by atoms with Crippen molar-refractivity contribution in [2.45, 2.75) is 52.7 Å². The van der Waals surface area contributed by atoms with Crippen molar-refractivity contribution in [3.05, 3.63) is 0 Å². The number of rotatable bonds is 2. The number of ether oxygens (including phenoxy) is 1. The lowest BCUT2D eigenvalue weighted by atomic mass is 10.2. The molecule has 0 aliphatic heterocycles. The molecular weight excluding hydrogens is 200 g/mol. The molecule has 0 aromatic heterocycles. The zero-order valence-corrected chi connectivity index (χ0v) is 9.90. The number of carboxylic acids is 1. The molecule has 0 heterocycles. The highest BCUT2D eigenvalue weighted by Gasteiger charge is 2.11. The topological polar surface area (TPSA) is 83.8 Å². The summed E-state index contributed by atoms with van der Waals surface area (Å²) >= 11 is 0. The fourth-order valence-electron chi connectivity index (χ4n) is 0.684. The second-order valence-electron chi connectivity index (χ2n) is 4.15. The van der Waals surface area contributed by atoms with Crippen LogP contribution in [-0.2, 0) is 14.3 Å². The molecule has 0 spiro atoms. The van der Waals surface area contributed by atoms with E-state index in [1.165, 1.54) is 13.8 Å². The summed E-state index contributed by atoms with van der Waals surface area (Å²) in [7, 11) is 0. The molecule has 2 N–H and O–H groups in total. The lowest BCUT2D eigenvalue weighted by Gasteiger charge is -2.17. The number of hydrogen-bond acceptors (Lipinski definition) is 4. The van der Waals surface area contributed by atoms with Crippen LogP contribution in [-0.4, -0.2) is 33.9 Å². The molecule has 0 aliphatic rings. The van der Waals surface area contributed by atoms with Gasteiger partial charge in [0.1, 0.15) is 5.60 Å². The Morgan fingerprint density at radius 2 is 1.73 bits per heavy atom. The highest BCUT2D eigenvalue weighted by molar-refractivity contribution is 5.67. The van der Waals surface area contributed by atoms with Crippen LogP contribution >= 0.6 is 0 Å². The van der Waals surface area contributed by atoms with Crippen LogP contribution in [0.25, 0.3) is 0 Å². The lowest BCUT2D eigenvalue weighted by molar-refractivity contribution is -0.152. The second kappa shape index (κ2) is 7.23. The van der Waals surface area contributed by atoms with E-state index in [-0.39, 0.29) is 18.0 Å². The van der Waals surface area contributed by atoms with Crippen LogP contribution in [0.5, 0.6) is 0 Å². The summed E-state index contributed by atoms with van der Waals surface area (Å²) < 4.78 is 4.80. The van der Waals surface area contributed by atoms with E-state index in [0.717, 1.165) is 0 Å². The van der Waals surface area contributed by atoms with Crippen LogP contribution in [0.15, 0.2) is 0 Å². The Bertz CT molecular complexity index is 202. The molecule has 5 nitrogen and oxygen atoms in total. The number of carbonyl (C=O) groups excluding carboxylic acids is 1. The molecule has 0 saturated carbocycles. The van der Waals surface area contributed by atoms with Crippen molar-refractivity contribution in [2.75, 3.05) is 0 Å². The molecule has 0 saturated heterocycles. The number of hydrogen-bond donors (Lipinski definition) is 2. The predicted molar refractivity (Wildman–Crippen MR) is 55.5 cm³/mol. The zero-order valence-electron chi connectivity index (χ0n) is 9.90. The van der Waals surface area contributed by atoms with E-state index in [0.29, 0.717) is 0 Å². The van der Waals surface area contributed by atoms with Crippen LogP contribution in [0.3, 0.4) is 0 Å². The largest absolute Gasteiger partial charge is 0.481 e. The van der Waals surface area contributed by atoms with E-state index in [2.05, 4.69) is 0 Å². The summed E-state index contributed by atoms with van der Waals surface area (Å²) in [6.45, 7) is 8.37. The minimum absolute atomic E-state index is 0.167. The maximum Gasteiger partial charge on any atom is 0.305 e. The van der Waals surface area contributed by atoms with E-state index < -0.39 is 12.1 Å². The third kappa shape index (κ3) is 24.6. The first-order valence-corrected chi connectivity index (χ1v) is 4.64. The summed E-state index contributed by atoms with van der Waals surface area (Å²) in [6, 6.07) is 0. The first-order chi connectivity index (χ1) is 6.54. The minimum Gasteiger partial charge on any atom is -0.481 e. The Kier molecular flexibility index (Phi) is 7.87. The third-order valence-corrected chi connectivity index (χ3v) is 0.920. The Morgan fingerprint density at radius 3 is 1.73 bits per heavy atom. The Labute approximate surface area is 90.1 Å². The summed E-state index contributed by atoms with van der Waals surface area (Å²) in [5.41, 5.74) is -0.328. The Balaban J connectivity index is 0. The van der Waals surface area contributed by atoms with Crippen molar-refractivity contribution in [3.63, 3.8) is 0 Å². The lowest BCUT2D eigenvalue weighted by Crippen LogP contribution is -2.21. The smallest absolute Gasteiger partial charge is 0.305 e. The third-order valence-electron chi connectivity index (χ3n) is 0.920. The van der Waals surface area contributed by atoms with E-state index in [1.807, 2.05) is 20.8 Å². The van der Waals surface area contributed by atoms with Gasteiger partial charge in [-0.1, -0.05) is 0 Å². The molecule has 0 amide bonds. The second-order valence-corrected chi connectivity index (χ2v) is 4.15. The molecule has 5 heteroatoms. The molecule has 15 heavy (non-hydrogen) atoms. The van der Waals surface area contributed by atoms with Gasteiger partial charge in [0.05, 0.1) is 12.5 Å². The van der Waals surface area contributed by atoms with E-state index in [4.69, 9.17) is 14.9 Å². The molecule has 1 unspecified atom stereocenters. The number of carboxylic acid groups (broad SMARTS) is 1. The molecule has 0 bridgehead atoms. The number of esters is 1. The van der Waals surface area contributed by atoms with Gasteiger partial charge in [-0.05, 0) is 27.7 Å². The van der Waals surface area contributed by atoms with Crippen molar-refractivity contribution >= 4 is 11.9 Å². The molecule has 0 radical (unpaired) electrons. The SMILES string of the molecule is CC(=O)OC(C)(C)C.CC(O)CC(=O)O. The molecule has 0 aliphatic carbocycles. The summed E-state index contributed by atoms with van der Waals surface area (Å²) in [4.78, 5) is 19.9. The maximum atomic E-state index is 10.2. The molecule has 0 aromatic rings. The van der Waals surface area contributed by atoms with Gasteiger partial charge < -0.3 is 14.9 Å². The monoisotopic (exact) mass is 220 g/mol. The fraction of sp³-hybridized carbons (Fsp3) is 0.800. The van der Waals surface area contributed by atoms with Gasteiger partial charge in [-0.25, -0.2) is 0 Å². The molecule has 0 aromatic carbocycles. The van der Waals surface area contributed by atoms with Gasteiger partial charge in [-0.3, -0.25) is 9.59 Å². The predicted octanol–water partition coefficient (Wildman–Crippen LogP) is 1.19. The van der Waals surface area contributed by atoms with E-state index >= 15 is 0 Å². The minimum atomic E-state index is -0.963. The van der Waals surface area contributed by atoms with Crippen molar-refractivity contribution in [2.24, 2.45) is 0 Å². The summed E-state index contributed by atoms with van der Waals surface area (Å²) in [5.74, 6) is -1.19.